The van der Waals surface area contributed by atoms with E-state index in [0.29, 0.717) is 11.1 Å². The van der Waals surface area contributed by atoms with Gasteiger partial charge in [0.05, 0.1) is 56.3 Å². The Kier molecular flexibility index (Phi) is 19.7. The van der Waals surface area contributed by atoms with Gasteiger partial charge in [-0.15, -0.1) is 0 Å². The maximum atomic E-state index is 14.6. The molecule has 2 fully saturated rings. The first-order valence-corrected chi connectivity index (χ1v) is 28.6. The minimum absolute atomic E-state index is 0.0389. The molecular formula is C68H61NO14S. The summed E-state index contributed by atoms with van der Waals surface area (Å²) in [5, 5.41) is 0.151. The van der Waals surface area contributed by atoms with Gasteiger partial charge in [0.15, 0.2) is 35.6 Å². The van der Waals surface area contributed by atoms with Crippen LogP contribution < -0.4 is 0 Å². The second-order valence-electron chi connectivity index (χ2n) is 20.0. The monoisotopic (exact) mass is 1150 g/mol. The van der Waals surface area contributed by atoms with Gasteiger partial charge in [-0.05, 0) is 82.5 Å². The van der Waals surface area contributed by atoms with Gasteiger partial charge in [-0.2, -0.15) is 0 Å². The van der Waals surface area contributed by atoms with Gasteiger partial charge < -0.3 is 51.8 Å². The average molecular weight is 1150 g/mol. The molecule has 0 bridgehead atoms. The molecule has 2 saturated heterocycles. The van der Waals surface area contributed by atoms with Crippen molar-refractivity contribution in [2.75, 3.05) is 13.2 Å². The van der Waals surface area contributed by atoms with Crippen LogP contribution >= 0.6 is 11.8 Å². The average Bonchev–Trinajstić information content (AvgIpc) is 2.58. The lowest BCUT2D eigenvalue weighted by molar-refractivity contribution is -0.335. The number of nitrogens with zero attached hydrogens (tertiary/aromatic N) is 1. The van der Waals surface area contributed by atoms with Crippen molar-refractivity contribution < 1.29 is 66.2 Å². The maximum absolute atomic E-state index is 14.6. The van der Waals surface area contributed by atoms with Crippen molar-refractivity contribution in [2.45, 2.75) is 92.2 Å². The van der Waals surface area contributed by atoms with E-state index in [1.807, 2.05) is 133 Å². The first-order chi connectivity index (χ1) is 41.4. The van der Waals surface area contributed by atoms with Crippen molar-refractivity contribution in [3.8, 4) is 0 Å². The number of hydrogen-bond donors (Lipinski definition) is 0. The molecule has 9 aromatic rings. The van der Waals surface area contributed by atoms with Crippen molar-refractivity contribution in [2.24, 2.45) is 0 Å². The highest BCUT2D eigenvalue weighted by molar-refractivity contribution is 7.99. The van der Waals surface area contributed by atoms with Crippen molar-refractivity contribution in [1.29, 1.82) is 0 Å². The molecule has 16 heteroatoms. The first-order valence-electron chi connectivity index (χ1n) is 27.7. The van der Waals surface area contributed by atoms with Gasteiger partial charge in [0.2, 0.25) is 0 Å². The van der Waals surface area contributed by atoms with Crippen molar-refractivity contribution >= 4 is 40.8 Å². The molecule has 11 rings (SSSR count). The third-order valence-corrected chi connectivity index (χ3v) is 15.1. The van der Waals surface area contributed by atoms with Gasteiger partial charge in [-0.3, -0.25) is 0 Å². The van der Waals surface area contributed by atoms with E-state index in [-0.39, 0.29) is 54.9 Å². The topological polar surface area (TPSA) is 170 Å². The summed E-state index contributed by atoms with van der Waals surface area (Å²) in [7, 11) is 0. The van der Waals surface area contributed by atoms with Crippen LogP contribution in [0.15, 0.2) is 246 Å². The molecule has 0 aliphatic carbocycles. The van der Waals surface area contributed by atoms with Gasteiger partial charge in [0, 0.05) is 0 Å². The number of fused-ring (bicyclic) bond motifs is 1. The Bertz CT molecular complexity index is 3440. The zero-order valence-electron chi connectivity index (χ0n) is 45.6. The highest BCUT2D eigenvalue weighted by Gasteiger charge is 2.55. The number of hydrogen-bond acceptors (Lipinski definition) is 16. The zero-order chi connectivity index (χ0) is 57.3. The summed E-state index contributed by atoms with van der Waals surface area (Å²) in [4.78, 5) is 48.2. The summed E-state index contributed by atoms with van der Waals surface area (Å²) in [6, 6.07) is 71.3. The van der Waals surface area contributed by atoms with E-state index in [2.05, 4.69) is 0 Å². The summed E-state index contributed by atoms with van der Waals surface area (Å²) in [6.07, 6.45) is -10.6. The zero-order valence-corrected chi connectivity index (χ0v) is 46.4. The van der Waals surface area contributed by atoms with E-state index >= 15 is 0 Å². The van der Waals surface area contributed by atoms with Crippen LogP contribution in [-0.4, -0.2) is 96.7 Å². The third kappa shape index (κ3) is 15.1. The SMILES string of the molecule is O=C(O[C@@H]1[C@@H](OC(=O)c2ccccc2)[C@H](Sc2nc3ccccc3o2)O[C@H](COC2O[C@H](COCc3ccccc3)[C@@H](OCc3ccccc3)[C@H](OCc3ccccc3)[C@H]2OCc2ccccc2)[C@H]1OC(=O)c1ccccc1)c1ccccc1. The van der Waals surface area contributed by atoms with E-state index in [4.69, 9.17) is 56.8 Å². The molecule has 2 aliphatic heterocycles. The number of aromatic nitrogens is 1. The highest BCUT2D eigenvalue weighted by atomic mass is 32.2. The summed E-state index contributed by atoms with van der Waals surface area (Å²) in [5.74, 6) is -2.34. The fourth-order valence-electron chi connectivity index (χ4n) is 9.88. The molecule has 0 radical (unpaired) electrons. The Balaban J connectivity index is 0.993. The number of carbonyl (C=O) groups excluding carboxylic acids is 3. The standard InChI is InChI=1S/C68H61NO14S/c70-63(50-32-16-5-17-33-50)81-58-56(79-67(84-68-69-53-38-22-23-39-54(53)80-68)62(83-65(72)52-36-20-7-21-37-52)60(58)82-64(71)51-34-18-6-19-35-51)45-77-66-61(76-43-49-30-14-4-15-31-49)59(75-42-48-28-12-3-13-29-48)57(74-41-47-26-10-2-11-27-47)55(78-66)44-73-40-46-24-8-1-9-25-46/h1-39,55-62,66-67H,40-45H2/t55-,56-,57-,58-,59+,60+,61-,62-,66?,67+/m1/s1. The van der Waals surface area contributed by atoms with E-state index in [1.165, 1.54) is 0 Å². The first kappa shape index (κ1) is 57.5. The number of esters is 3. The van der Waals surface area contributed by atoms with Crippen molar-refractivity contribution in [3.05, 3.63) is 276 Å². The lowest BCUT2D eigenvalue weighted by Crippen LogP contribution is -2.64. The van der Waals surface area contributed by atoms with Crippen LogP contribution in [0.5, 0.6) is 0 Å². The molecule has 0 amide bonds. The van der Waals surface area contributed by atoms with Gasteiger partial charge in [-0.1, -0.05) is 188 Å². The number of ether oxygens (including phenoxy) is 10. The molecule has 84 heavy (non-hydrogen) atoms. The van der Waals surface area contributed by atoms with Crippen molar-refractivity contribution in [3.63, 3.8) is 0 Å². The smallest absolute Gasteiger partial charge is 0.338 e. The molecule has 1 aromatic heterocycles. The Morgan fingerprint density at radius 3 is 1.29 bits per heavy atom. The van der Waals surface area contributed by atoms with Crippen LogP contribution in [-0.2, 0) is 73.8 Å². The summed E-state index contributed by atoms with van der Waals surface area (Å²) < 4.78 is 74.2. The lowest BCUT2D eigenvalue weighted by atomic mass is 9.97. The second-order valence-corrected chi connectivity index (χ2v) is 21.0. The molecule has 10 atom stereocenters. The van der Waals surface area contributed by atoms with Crippen molar-refractivity contribution in [1.82, 2.24) is 4.98 Å². The Hall–Kier alpha value is -8.29. The van der Waals surface area contributed by atoms with E-state index in [9.17, 15) is 14.4 Å². The quantitative estimate of drug-likeness (QED) is 0.0413. The molecule has 1 unspecified atom stereocenters. The predicted octanol–water partition coefficient (Wildman–Crippen LogP) is 12.0. The van der Waals surface area contributed by atoms with Gasteiger partial charge in [-0.25, -0.2) is 19.4 Å². The number of para-hydroxylation sites is 2. The fourth-order valence-corrected chi connectivity index (χ4v) is 10.9. The van der Waals surface area contributed by atoms with E-state index < -0.39 is 85.1 Å². The summed E-state index contributed by atoms with van der Waals surface area (Å²) in [5.41, 5.74) is 4.02. The van der Waals surface area contributed by atoms with Gasteiger partial charge in [0.1, 0.15) is 36.0 Å². The molecule has 428 valence electrons. The molecule has 3 heterocycles. The number of rotatable bonds is 24. The number of thioether (sulfide) groups is 1. The van der Waals surface area contributed by atoms with Crippen LogP contribution in [0.2, 0.25) is 0 Å². The Labute approximate surface area is 490 Å². The van der Waals surface area contributed by atoms with Crippen LogP contribution in [0, 0.1) is 0 Å². The van der Waals surface area contributed by atoms with Crippen LogP contribution in [0.3, 0.4) is 0 Å². The van der Waals surface area contributed by atoms with Gasteiger partial charge in [0.25, 0.3) is 5.22 Å². The largest absolute Gasteiger partial charge is 0.452 e. The Morgan fingerprint density at radius 2 is 0.786 bits per heavy atom. The van der Waals surface area contributed by atoms with E-state index in [1.54, 1.807) is 103 Å². The van der Waals surface area contributed by atoms with Crippen LogP contribution in [0.4, 0.5) is 0 Å². The molecule has 0 N–H and O–H groups in total. The van der Waals surface area contributed by atoms with E-state index in [0.717, 1.165) is 34.0 Å². The normalized spacial score (nSPS) is 22.2. The number of benzene rings is 8. The molecule has 0 spiro atoms. The fraction of sp³-hybridized carbons (Fsp3) is 0.235. The summed E-state index contributed by atoms with van der Waals surface area (Å²) >= 11 is 0.994. The predicted molar refractivity (Wildman–Crippen MR) is 311 cm³/mol. The second kappa shape index (κ2) is 28.8. The third-order valence-electron chi connectivity index (χ3n) is 14.1. The molecule has 2 aliphatic rings. The lowest BCUT2D eigenvalue weighted by Gasteiger charge is -2.47. The highest BCUT2D eigenvalue weighted by Crippen LogP contribution is 2.40. The molecule has 15 nitrogen and oxygen atoms in total. The summed E-state index contributed by atoms with van der Waals surface area (Å²) in [6.45, 7) is 0.398. The van der Waals surface area contributed by atoms with Crippen LogP contribution in [0.1, 0.15) is 53.3 Å². The molecule has 8 aromatic carbocycles. The van der Waals surface area contributed by atoms with Crippen LogP contribution in [0.25, 0.3) is 11.1 Å². The maximum Gasteiger partial charge on any atom is 0.338 e. The Morgan fingerprint density at radius 1 is 0.381 bits per heavy atom. The minimum Gasteiger partial charge on any atom is -0.452 e. The minimum atomic E-state index is -1.56. The number of oxazole rings is 1. The number of carbonyl (C=O) groups is 3. The molecular weight excluding hydrogens is 1090 g/mol. The van der Waals surface area contributed by atoms with Gasteiger partial charge >= 0.3 is 17.9 Å². The molecule has 0 saturated carbocycles.